The monoisotopic (exact) mass is 180 g/mol. The normalized spacial score (nSPS) is 12.5. The Kier molecular flexibility index (Phi) is 3.64. The van der Waals surface area contributed by atoms with Gasteiger partial charge in [0.25, 0.3) is 0 Å². The van der Waals surface area contributed by atoms with Crippen molar-refractivity contribution in [3.63, 3.8) is 0 Å². The lowest BCUT2D eigenvalue weighted by Gasteiger charge is -2.11. The predicted octanol–water partition coefficient (Wildman–Crippen LogP) is 1.15. The van der Waals surface area contributed by atoms with Crippen molar-refractivity contribution in [3.05, 3.63) is 18.1 Å². The molecule has 0 bridgehead atoms. The van der Waals surface area contributed by atoms with Crippen molar-refractivity contribution < 1.29 is 0 Å². The van der Waals surface area contributed by atoms with Gasteiger partial charge in [-0.05, 0) is 19.4 Å². The number of nitrogens with two attached hydrogens (primary N) is 1. The second-order valence-electron chi connectivity index (χ2n) is 3.02. The number of nitrogens with zero attached hydrogens (tertiary/aromatic N) is 2. The number of rotatable bonds is 4. The highest BCUT2D eigenvalue weighted by Crippen LogP contribution is 2.04. The van der Waals surface area contributed by atoms with Gasteiger partial charge in [-0.3, -0.25) is 0 Å². The summed E-state index contributed by atoms with van der Waals surface area (Å²) in [4.78, 5) is 8.25. The summed E-state index contributed by atoms with van der Waals surface area (Å²) in [5.41, 5.74) is 5.43. The molecule has 1 rings (SSSR count). The van der Waals surface area contributed by atoms with Crippen LogP contribution in [0.2, 0.25) is 0 Å². The lowest BCUT2D eigenvalue weighted by Crippen LogP contribution is -2.15. The van der Waals surface area contributed by atoms with Gasteiger partial charge in [0.05, 0.1) is 6.54 Å². The number of nitrogens with one attached hydrogen (secondary N) is 1. The third-order valence-corrected chi connectivity index (χ3v) is 1.89. The first-order chi connectivity index (χ1) is 6.26. The Morgan fingerprint density at radius 2 is 2.38 bits per heavy atom. The molecule has 3 N–H and O–H groups in total. The van der Waals surface area contributed by atoms with Gasteiger partial charge in [-0.1, -0.05) is 6.92 Å². The van der Waals surface area contributed by atoms with Crippen molar-refractivity contribution in [3.8, 4) is 0 Å². The minimum absolute atomic E-state index is 0.385. The molecule has 4 nitrogen and oxygen atoms in total. The van der Waals surface area contributed by atoms with Crippen molar-refractivity contribution in [2.24, 2.45) is 5.73 Å². The highest BCUT2D eigenvalue weighted by molar-refractivity contribution is 5.33. The van der Waals surface area contributed by atoms with Crippen molar-refractivity contribution in [2.75, 3.05) is 5.32 Å². The van der Waals surface area contributed by atoms with E-state index in [1.807, 2.05) is 6.07 Å². The smallest absolute Gasteiger partial charge is 0.144 e. The van der Waals surface area contributed by atoms with E-state index in [0.717, 1.165) is 12.2 Å². The van der Waals surface area contributed by atoms with Crippen LogP contribution in [0.25, 0.3) is 0 Å². The summed E-state index contributed by atoms with van der Waals surface area (Å²) in [6.07, 6.45) is 2.79. The Labute approximate surface area is 78.6 Å². The topological polar surface area (TPSA) is 63.8 Å². The largest absolute Gasteiger partial charge is 0.368 e. The van der Waals surface area contributed by atoms with Crippen molar-refractivity contribution in [1.82, 2.24) is 9.97 Å². The molecule has 0 saturated carbocycles. The van der Waals surface area contributed by atoms with E-state index in [2.05, 4.69) is 29.1 Å². The molecule has 0 aromatic carbocycles. The maximum absolute atomic E-state index is 5.43. The van der Waals surface area contributed by atoms with Gasteiger partial charge in [0.1, 0.15) is 11.6 Å². The fourth-order valence-corrected chi connectivity index (χ4v) is 0.932. The third-order valence-electron chi connectivity index (χ3n) is 1.89. The van der Waals surface area contributed by atoms with Crippen LogP contribution in [0.1, 0.15) is 26.1 Å². The van der Waals surface area contributed by atoms with Crippen LogP contribution in [0, 0.1) is 0 Å². The van der Waals surface area contributed by atoms with Crippen LogP contribution < -0.4 is 11.1 Å². The Morgan fingerprint density at radius 1 is 1.62 bits per heavy atom. The average molecular weight is 180 g/mol. The number of aromatic nitrogens is 2. The van der Waals surface area contributed by atoms with E-state index in [-0.39, 0.29) is 0 Å². The van der Waals surface area contributed by atoms with Crippen LogP contribution in [0.4, 0.5) is 5.82 Å². The molecule has 72 valence electrons. The molecule has 13 heavy (non-hydrogen) atoms. The van der Waals surface area contributed by atoms with E-state index in [1.165, 1.54) is 0 Å². The van der Waals surface area contributed by atoms with Crippen molar-refractivity contribution in [1.29, 1.82) is 0 Å². The SMILES string of the molecule is CCC(C)Nc1ccnc(CN)n1. The van der Waals surface area contributed by atoms with Crippen LogP contribution in [0.15, 0.2) is 12.3 Å². The maximum Gasteiger partial charge on any atom is 0.144 e. The van der Waals surface area contributed by atoms with Gasteiger partial charge in [-0.25, -0.2) is 9.97 Å². The van der Waals surface area contributed by atoms with E-state index in [4.69, 9.17) is 5.73 Å². The Balaban J connectivity index is 2.66. The lowest BCUT2D eigenvalue weighted by atomic mass is 10.2. The molecular formula is C9H16N4. The van der Waals surface area contributed by atoms with Crippen LogP contribution in [-0.2, 0) is 6.54 Å². The molecule has 4 heteroatoms. The molecular weight excluding hydrogens is 164 g/mol. The maximum atomic E-state index is 5.43. The highest BCUT2D eigenvalue weighted by Gasteiger charge is 2.00. The molecule has 0 saturated heterocycles. The molecule has 1 aromatic heterocycles. The van der Waals surface area contributed by atoms with Crippen LogP contribution in [0.5, 0.6) is 0 Å². The van der Waals surface area contributed by atoms with Gasteiger partial charge in [-0.2, -0.15) is 0 Å². The van der Waals surface area contributed by atoms with Crippen molar-refractivity contribution in [2.45, 2.75) is 32.9 Å². The van der Waals surface area contributed by atoms with Crippen LogP contribution in [-0.4, -0.2) is 16.0 Å². The molecule has 0 aliphatic rings. The van der Waals surface area contributed by atoms with Crippen LogP contribution in [0.3, 0.4) is 0 Å². The first kappa shape index (κ1) is 9.92. The zero-order chi connectivity index (χ0) is 9.68. The summed E-state index contributed by atoms with van der Waals surface area (Å²) in [7, 11) is 0. The summed E-state index contributed by atoms with van der Waals surface area (Å²) >= 11 is 0. The molecule has 0 aliphatic heterocycles. The number of hydrogen-bond donors (Lipinski definition) is 2. The fraction of sp³-hybridized carbons (Fsp3) is 0.556. The van der Waals surface area contributed by atoms with E-state index >= 15 is 0 Å². The number of hydrogen-bond acceptors (Lipinski definition) is 4. The quantitative estimate of drug-likeness (QED) is 0.729. The Hall–Kier alpha value is -1.16. The molecule has 1 aromatic rings. The van der Waals surface area contributed by atoms with E-state index in [1.54, 1.807) is 6.20 Å². The molecule has 0 spiro atoms. The minimum Gasteiger partial charge on any atom is -0.368 e. The molecule has 0 fully saturated rings. The molecule has 0 amide bonds. The van der Waals surface area contributed by atoms with Gasteiger partial charge >= 0.3 is 0 Å². The van der Waals surface area contributed by atoms with E-state index in [9.17, 15) is 0 Å². The standard InChI is InChI=1S/C9H16N4/c1-3-7(2)12-8-4-5-11-9(6-10)13-8/h4-5,7H,3,6,10H2,1-2H3,(H,11,12,13). The van der Waals surface area contributed by atoms with Gasteiger partial charge in [0.15, 0.2) is 0 Å². The zero-order valence-corrected chi connectivity index (χ0v) is 8.12. The minimum atomic E-state index is 0.385. The average Bonchev–Trinajstić information content (AvgIpc) is 2.18. The first-order valence-corrected chi connectivity index (χ1v) is 4.54. The van der Waals surface area contributed by atoms with Crippen molar-refractivity contribution >= 4 is 5.82 Å². The van der Waals surface area contributed by atoms with Gasteiger partial charge in [0.2, 0.25) is 0 Å². The summed E-state index contributed by atoms with van der Waals surface area (Å²) in [6.45, 7) is 4.63. The second-order valence-corrected chi connectivity index (χ2v) is 3.02. The lowest BCUT2D eigenvalue weighted by molar-refractivity contribution is 0.754. The summed E-state index contributed by atoms with van der Waals surface area (Å²) in [5.74, 6) is 1.53. The summed E-state index contributed by atoms with van der Waals surface area (Å²) in [6, 6.07) is 2.28. The summed E-state index contributed by atoms with van der Waals surface area (Å²) < 4.78 is 0. The Bertz CT molecular complexity index is 262. The van der Waals surface area contributed by atoms with Gasteiger partial charge in [0, 0.05) is 12.2 Å². The molecule has 1 unspecified atom stereocenters. The fourth-order valence-electron chi connectivity index (χ4n) is 0.932. The molecule has 1 atom stereocenters. The first-order valence-electron chi connectivity index (χ1n) is 4.54. The zero-order valence-electron chi connectivity index (χ0n) is 8.12. The van der Waals surface area contributed by atoms with E-state index in [0.29, 0.717) is 18.4 Å². The van der Waals surface area contributed by atoms with Gasteiger partial charge in [-0.15, -0.1) is 0 Å². The molecule has 1 heterocycles. The Morgan fingerprint density at radius 3 is 3.00 bits per heavy atom. The van der Waals surface area contributed by atoms with Gasteiger partial charge < -0.3 is 11.1 Å². The predicted molar refractivity (Wildman–Crippen MR) is 53.3 cm³/mol. The molecule has 0 radical (unpaired) electrons. The second kappa shape index (κ2) is 4.77. The summed E-state index contributed by atoms with van der Waals surface area (Å²) in [5, 5.41) is 3.26. The number of anilines is 1. The van der Waals surface area contributed by atoms with Crippen LogP contribution >= 0.6 is 0 Å². The highest BCUT2D eigenvalue weighted by atomic mass is 15.0. The molecule has 0 aliphatic carbocycles. The third kappa shape index (κ3) is 2.99. The van der Waals surface area contributed by atoms with E-state index < -0.39 is 0 Å².